The molecule has 20 heavy (non-hydrogen) atoms. The van der Waals surface area contributed by atoms with Crippen molar-refractivity contribution < 1.29 is 9.90 Å². The zero-order valence-electron chi connectivity index (χ0n) is 11.9. The summed E-state index contributed by atoms with van der Waals surface area (Å²) in [6, 6.07) is 6.86. The van der Waals surface area contributed by atoms with Crippen molar-refractivity contribution in [1.29, 1.82) is 0 Å². The van der Waals surface area contributed by atoms with Crippen molar-refractivity contribution >= 4 is 29.4 Å². The fraction of sp³-hybridized carbons (Fsp3) is 0.500. The summed E-state index contributed by atoms with van der Waals surface area (Å²) in [4.78, 5) is 11.8. The molecule has 1 rings (SSSR count). The standard InChI is InChI=1S/C14H21ClN2O2S/c1-10(11-6-4-5-7-12(11)15)17-13(18)16-8-14(2,19)9-20-3/h4-7,10,19H,8-9H2,1-3H3,(H2,16,17,18). The van der Waals surface area contributed by atoms with Crippen LogP contribution in [0.4, 0.5) is 4.79 Å². The summed E-state index contributed by atoms with van der Waals surface area (Å²) in [5.74, 6) is 0.563. The van der Waals surface area contributed by atoms with Crippen molar-refractivity contribution in [3.05, 3.63) is 34.9 Å². The van der Waals surface area contributed by atoms with Crippen molar-refractivity contribution in [3.63, 3.8) is 0 Å². The lowest BCUT2D eigenvalue weighted by Gasteiger charge is -2.23. The van der Waals surface area contributed by atoms with Gasteiger partial charge >= 0.3 is 6.03 Å². The first-order chi connectivity index (χ1) is 9.35. The number of benzene rings is 1. The summed E-state index contributed by atoms with van der Waals surface area (Å²) >= 11 is 7.61. The Morgan fingerprint density at radius 2 is 2.15 bits per heavy atom. The van der Waals surface area contributed by atoms with Gasteiger partial charge < -0.3 is 15.7 Å². The number of aliphatic hydroxyl groups is 1. The Labute approximate surface area is 129 Å². The highest BCUT2D eigenvalue weighted by Gasteiger charge is 2.21. The van der Waals surface area contributed by atoms with Gasteiger partial charge in [-0.15, -0.1) is 0 Å². The summed E-state index contributed by atoms with van der Waals surface area (Å²) in [7, 11) is 0. The van der Waals surface area contributed by atoms with Crippen LogP contribution in [0.25, 0.3) is 0 Å². The fourth-order valence-electron chi connectivity index (χ4n) is 1.78. The number of thioether (sulfide) groups is 1. The molecule has 0 saturated carbocycles. The average Bonchev–Trinajstić information content (AvgIpc) is 2.37. The van der Waals surface area contributed by atoms with Gasteiger partial charge in [-0.2, -0.15) is 11.8 Å². The van der Waals surface area contributed by atoms with Crippen molar-refractivity contribution in [3.8, 4) is 0 Å². The average molecular weight is 317 g/mol. The highest BCUT2D eigenvalue weighted by Crippen LogP contribution is 2.21. The molecule has 0 spiro atoms. The molecule has 0 fully saturated rings. The second-order valence-electron chi connectivity index (χ2n) is 5.00. The van der Waals surface area contributed by atoms with Crippen LogP contribution in [0.15, 0.2) is 24.3 Å². The zero-order chi connectivity index (χ0) is 15.2. The molecule has 0 aliphatic carbocycles. The number of halogens is 1. The number of hydrogen-bond donors (Lipinski definition) is 3. The smallest absolute Gasteiger partial charge is 0.315 e. The van der Waals surface area contributed by atoms with Gasteiger partial charge in [-0.05, 0) is 31.7 Å². The third-order valence-corrected chi connectivity index (χ3v) is 4.06. The number of carbonyl (C=O) groups is 1. The van der Waals surface area contributed by atoms with Gasteiger partial charge in [-0.25, -0.2) is 4.79 Å². The fourth-order valence-corrected chi connectivity index (χ4v) is 2.81. The molecule has 0 aliphatic heterocycles. The Kier molecular flexibility index (Phi) is 6.65. The van der Waals surface area contributed by atoms with Crippen molar-refractivity contribution in [2.45, 2.75) is 25.5 Å². The van der Waals surface area contributed by atoms with E-state index >= 15 is 0 Å². The van der Waals surface area contributed by atoms with Crippen LogP contribution in [0.5, 0.6) is 0 Å². The van der Waals surface area contributed by atoms with Crippen LogP contribution in [0, 0.1) is 0 Å². The molecule has 0 heterocycles. The van der Waals surface area contributed by atoms with Crippen LogP contribution >= 0.6 is 23.4 Å². The maximum Gasteiger partial charge on any atom is 0.315 e. The molecular formula is C14H21ClN2O2S. The summed E-state index contributed by atoms with van der Waals surface area (Å²) in [5, 5.41) is 16.1. The Hall–Kier alpha value is -0.910. The molecule has 2 amide bonds. The van der Waals surface area contributed by atoms with E-state index in [9.17, 15) is 9.90 Å². The normalized spacial score (nSPS) is 15.2. The molecule has 3 N–H and O–H groups in total. The minimum atomic E-state index is -0.912. The largest absolute Gasteiger partial charge is 0.387 e. The molecular weight excluding hydrogens is 296 g/mol. The lowest BCUT2D eigenvalue weighted by molar-refractivity contribution is 0.0868. The first-order valence-electron chi connectivity index (χ1n) is 6.36. The molecule has 0 saturated heterocycles. The van der Waals surface area contributed by atoms with E-state index in [1.165, 1.54) is 11.8 Å². The molecule has 0 aromatic heterocycles. The third kappa shape index (κ3) is 5.61. The predicted octanol–water partition coefficient (Wildman–Crippen LogP) is 2.81. The van der Waals surface area contributed by atoms with Gasteiger partial charge in [0.05, 0.1) is 11.6 Å². The van der Waals surface area contributed by atoms with E-state index in [-0.39, 0.29) is 18.6 Å². The summed E-state index contributed by atoms with van der Waals surface area (Å²) in [6.45, 7) is 3.76. The number of rotatable bonds is 6. The van der Waals surface area contributed by atoms with Crippen LogP contribution < -0.4 is 10.6 Å². The molecule has 0 radical (unpaired) electrons. The van der Waals surface area contributed by atoms with Crippen molar-refractivity contribution in [2.24, 2.45) is 0 Å². The second-order valence-corrected chi connectivity index (χ2v) is 6.27. The monoisotopic (exact) mass is 316 g/mol. The first-order valence-corrected chi connectivity index (χ1v) is 8.13. The molecule has 1 aromatic rings. The van der Waals surface area contributed by atoms with Gasteiger partial charge in [0.25, 0.3) is 0 Å². The van der Waals surface area contributed by atoms with Gasteiger partial charge in [0.2, 0.25) is 0 Å². The van der Waals surface area contributed by atoms with E-state index in [1.54, 1.807) is 13.0 Å². The third-order valence-electron chi connectivity index (χ3n) is 2.80. The first kappa shape index (κ1) is 17.1. The highest BCUT2D eigenvalue weighted by molar-refractivity contribution is 7.98. The highest BCUT2D eigenvalue weighted by atomic mass is 35.5. The van der Waals surface area contributed by atoms with E-state index in [4.69, 9.17) is 11.6 Å². The number of hydrogen-bond acceptors (Lipinski definition) is 3. The van der Waals surface area contributed by atoms with Gasteiger partial charge in [0.1, 0.15) is 0 Å². The zero-order valence-corrected chi connectivity index (χ0v) is 13.5. The molecule has 112 valence electrons. The maximum atomic E-state index is 11.8. The Balaban J connectivity index is 2.49. The SMILES string of the molecule is CSCC(C)(O)CNC(=O)NC(C)c1ccccc1Cl. The van der Waals surface area contributed by atoms with Gasteiger partial charge in [0.15, 0.2) is 0 Å². The van der Waals surface area contributed by atoms with E-state index in [0.29, 0.717) is 10.8 Å². The van der Waals surface area contributed by atoms with Crippen LogP contribution in [-0.2, 0) is 0 Å². The molecule has 2 unspecified atom stereocenters. The Bertz CT molecular complexity index is 455. The van der Waals surface area contributed by atoms with Crippen LogP contribution in [0.2, 0.25) is 5.02 Å². The van der Waals surface area contributed by atoms with Crippen LogP contribution in [0.1, 0.15) is 25.5 Å². The Morgan fingerprint density at radius 1 is 1.50 bits per heavy atom. The number of amides is 2. The van der Waals surface area contributed by atoms with E-state index in [2.05, 4.69) is 10.6 Å². The van der Waals surface area contributed by atoms with Crippen LogP contribution in [0.3, 0.4) is 0 Å². The lowest BCUT2D eigenvalue weighted by Crippen LogP contribution is -2.46. The summed E-state index contributed by atoms with van der Waals surface area (Å²) in [6.07, 6.45) is 1.91. The van der Waals surface area contributed by atoms with Crippen LogP contribution in [-0.4, -0.2) is 35.3 Å². The molecule has 4 nitrogen and oxygen atoms in total. The van der Waals surface area contributed by atoms with Crippen molar-refractivity contribution in [2.75, 3.05) is 18.6 Å². The maximum absolute atomic E-state index is 11.8. The number of urea groups is 1. The molecule has 0 bridgehead atoms. The van der Waals surface area contributed by atoms with Gasteiger partial charge in [-0.3, -0.25) is 0 Å². The summed E-state index contributed by atoms with van der Waals surface area (Å²) < 4.78 is 0. The predicted molar refractivity (Wildman–Crippen MR) is 85.4 cm³/mol. The Morgan fingerprint density at radius 3 is 2.75 bits per heavy atom. The molecule has 1 aromatic carbocycles. The summed E-state index contributed by atoms with van der Waals surface area (Å²) in [5.41, 5.74) is -0.0510. The minimum absolute atomic E-state index is 0.200. The lowest BCUT2D eigenvalue weighted by atomic mass is 10.1. The quantitative estimate of drug-likeness (QED) is 0.756. The topological polar surface area (TPSA) is 61.4 Å². The van der Waals surface area contributed by atoms with Gasteiger partial charge in [-0.1, -0.05) is 29.8 Å². The molecule has 6 heteroatoms. The van der Waals surface area contributed by atoms with E-state index in [1.807, 2.05) is 31.4 Å². The number of nitrogens with one attached hydrogen (secondary N) is 2. The van der Waals surface area contributed by atoms with E-state index in [0.717, 1.165) is 5.56 Å². The molecule has 0 aliphatic rings. The van der Waals surface area contributed by atoms with E-state index < -0.39 is 5.60 Å². The van der Waals surface area contributed by atoms with Gasteiger partial charge in [0, 0.05) is 17.3 Å². The second kappa shape index (κ2) is 7.76. The molecule has 2 atom stereocenters. The van der Waals surface area contributed by atoms with Crippen molar-refractivity contribution in [1.82, 2.24) is 10.6 Å². The minimum Gasteiger partial charge on any atom is -0.387 e. The number of carbonyl (C=O) groups excluding carboxylic acids is 1.